The number of benzene rings is 1. The van der Waals surface area contributed by atoms with E-state index in [2.05, 4.69) is 69.2 Å². The van der Waals surface area contributed by atoms with Crippen LogP contribution in [0.25, 0.3) is 0 Å². The summed E-state index contributed by atoms with van der Waals surface area (Å²) in [6, 6.07) is 9.65. The van der Waals surface area contributed by atoms with Crippen LogP contribution in [0.5, 0.6) is 0 Å². The molecule has 0 amide bonds. The van der Waals surface area contributed by atoms with Crippen molar-refractivity contribution in [2.45, 2.75) is 50.3 Å². The number of hydrogen-bond donors (Lipinski definition) is 1. The highest BCUT2D eigenvalue weighted by Crippen LogP contribution is 2.46. The van der Waals surface area contributed by atoms with Crippen molar-refractivity contribution in [2.75, 3.05) is 12.8 Å². The zero-order valence-corrected chi connectivity index (χ0v) is 12.8. The summed E-state index contributed by atoms with van der Waals surface area (Å²) in [5.74, 6) is 1.92. The van der Waals surface area contributed by atoms with Crippen molar-refractivity contribution in [3.63, 3.8) is 0 Å². The first kappa shape index (κ1) is 14.0. The molecule has 1 N–H and O–H groups in total. The van der Waals surface area contributed by atoms with Crippen molar-refractivity contribution in [1.29, 1.82) is 0 Å². The molecular formula is C16H25NS. The topological polar surface area (TPSA) is 12.0 Å². The van der Waals surface area contributed by atoms with Crippen LogP contribution in [0.1, 0.15) is 56.7 Å². The van der Waals surface area contributed by atoms with Crippen LogP contribution in [0.2, 0.25) is 0 Å². The summed E-state index contributed by atoms with van der Waals surface area (Å²) in [5.41, 5.74) is 2.86. The monoisotopic (exact) mass is 263 g/mol. The van der Waals surface area contributed by atoms with Crippen molar-refractivity contribution in [1.82, 2.24) is 5.32 Å². The number of hydrogen-bond acceptors (Lipinski definition) is 2. The first-order valence-corrected chi connectivity index (χ1v) is 7.96. The van der Waals surface area contributed by atoms with Gasteiger partial charge >= 0.3 is 0 Å². The van der Waals surface area contributed by atoms with Gasteiger partial charge in [0, 0.05) is 10.8 Å². The smallest absolute Gasteiger partial charge is 0.0464 e. The van der Waals surface area contributed by atoms with Crippen LogP contribution in [-0.2, 0) is 0 Å². The average Bonchev–Trinajstić information content (AvgIpc) is 2.78. The standard InChI is InChI=1S/C16H25NS/c1-12(2)13-6-8-14(9-7-13)15(17-4)16(3)10-5-11-18-16/h6-9,12,15,17H,5,10-11H2,1-4H3. The van der Waals surface area contributed by atoms with Crippen LogP contribution < -0.4 is 5.32 Å². The third kappa shape index (κ3) is 2.75. The molecule has 18 heavy (non-hydrogen) atoms. The van der Waals surface area contributed by atoms with Crippen molar-refractivity contribution in [3.8, 4) is 0 Å². The Kier molecular flexibility index (Phi) is 4.39. The van der Waals surface area contributed by atoms with Gasteiger partial charge in [-0.3, -0.25) is 0 Å². The van der Waals surface area contributed by atoms with E-state index in [4.69, 9.17) is 0 Å². The summed E-state index contributed by atoms with van der Waals surface area (Å²) in [4.78, 5) is 0. The van der Waals surface area contributed by atoms with Crippen LogP contribution in [0.3, 0.4) is 0 Å². The summed E-state index contributed by atoms with van der Waals surface area (Å²) in [5, 5.41) is 3.53. The molecule has 0 bridgehead atoms. The highest BCUT2D eigenvalue weighted by Gasteiger charge is 2.37. The Labute approximate surface area is 116 Å². The van der Waals surface area contributed by atoms with Gasteiger partial charge in [-0.1, -0.05) is 38.1 Å². The maximum atomic E-state index is 3.53. The molecule has 1 aliphatic heterocycles. The summed E-state index contributed by atoms with van der Waals surface area (Å²) in [7, 11) is 2.09. The lowest BCUT2D eigenvalue weighted by Crippen LogP contribution is -2.35. The summed E-state index contributed by atoms with van der Waals surface area (Å²) in [6.45, 7) is 6.90. The molecule has 1 nitrogen and oxygen atoms in total. The molecule has 0 aliphatic carbocycles. The lowest BCUT2D eigenvalue weighted by Gasteiger charge is -2.33. The molecule has 2 heteroatoms. The molecule has 1 aliphatic rings. The van der Waals surface area contributed by atoms with Crippen molar-refractivity contribution in [3.05, 3.63) is 35.4 Å². The van der Waals surface area contributed by atoms with E-state index in [-0.39, 0.29) is 0 Å². The van der Waals surface area contributed by atoms with Gasteiger partial charge in [0.1, 0.15) is 0 Å². The molecule has 100 valence electrons. The molecule has 1 aromatic carbocycles. The SMILES string of the molecule is CNC(c1ccc(C(C)C)cc1)C1(C)CCCS1. The zero-order valence-electron chi connectivity index (χ0n) is 12.0. The van der Waals surface area contributed by atoms with Gasteiger partial charge in [-0.25, -0.2) is 0 Å². The Balaban J connectivity index is 2.22. The van der Waals surface area contributed by atoms with E-state index >= 15 is 0 Å². The van der Waals surface area contributed by atoms with E-state index in [9.17, 15) is 0 Å². The Hall–Kier alpha value is -0.470. The first-order valence-electron chi connectivity index (χ1n) is 6.98. The van der Waals surface area contributed by atoms with Crippen molar-refractivity contribution in [2.24, 2.45) is 0 Å². The highest BCUT2D eigenvalue weighted by atomic mass is 32.2. The quantitative estimate of drug-likeness (QED) is 0.866. The van der Waals surface area contributed by atoms with E-state index in [0.29, 0.717) is 16.7 Å². The minimum atomic E-state index is 0.355. The average molecular weight is 263 g/mol. The lowest BCUT2D eigenvalue weighted by molar-refractivity contribution is 0.440. The second-order valence-electron chi connectivity index (χ2n) is 5.81. The third-order valence-electron chi connectivity index (χ3n) is 4.09. The van der Waals surface area contributed by atoms with Crippen LogP contribution in [0, 0.1) is 0 Å². The fraction of sp³-hybridized carbons (Fsp3) is 0.625. The Bertz CT molecular complexity index is 377. The molecule has 2 atom stereocenters. The van der Waals surface area contributed by atoms with Gasteiger partial charge in [0.05, 0.1) is 0 Å². The summed E-state index contributed by atoms with van der Waals surface area (Å²) >= 11 is 2.12. The molecule has 1 fully saturated rings. The van der Waals surface area contributed by atoms with E-state index in [1.165, 1.54) is 29.7 Å². The van der Waals surface area contributed by atoms with Crippen LogP contribution >= 0.6 is 11.8 Å². The van der Waals surface area contributed by atoms with Crippen molar-refractivity contribution >= 4 is 11.8 Å². The second-order valence-corrected chi connectivity index (χ2v) is 7.44. The van der Waals surface area contributed by atoms with Crippen LogP contribution in [0.15, 0.2) is 24.3 Å². The second kappa shape index (κ2) is 5.66. The highest BCUT2D eigenvalue weighted by molar-refractivity contribution is 8.00. The minimum absolute atomic E-state index is 0.355. The zero-order chi connectivity index (χ0) is 13.2. The van der Waals surface area contributed by atoms with Gasteiger partial charge in [0.2, 0.25) is 0 Å². The molecule has 2 unspecified atom stereocenters. The molecule has 0 radical (unpaired) electrons. The maximum Gasteiger partial charge on any atom is 0.0464 e. The van der Waals surface area contributed by atoms with Gasteiger partial charge in [0.15, 0.2) is 0 Å². The fourth-order valence-corrected chi connectivity index (χ4v) is 4.39. The Morgan fingerprint density at radius 1 is 1.17 bits per heavy atom. The third-order valence-corrected chi connectivity index (χ3v) is 5.68. The molecule has 1 aromatic rings. The fourth-order valence-electron chi connectivity index (χ4n) is 2.93. The van der Waals surface area contributed by atoms with Gasteiger partial charge in [0.25, 0.3) is 0 Å². The van der Waals surface area contributed by atoms with Crippen molar-refractivity contribution < 1.29 is 0 Å². The number of thioether (sulfide) groups is 1. The molecule has 0 spiro atoms. The number of nitrogens with one attached hydrogen (secondary N) is 1. The Morgan fingerprint density at radius 3 is 2.22 bits per heavy atom. The molecule has 2 rings (SSSR count). The predicted octanol–water partition coefficient (Wildman–Crippen LogP) is 4.36. The molecule has 0 saturated carbocycles. The molecule has 0 aromatic heterocycles. The van der Waals surface area contributed by atoms with Crippen LogP contribution in [0.4, 0.5) is 0 Å². The minimum Gasteiger partial charge on any atom is -0.312 e. The van der Waals surface area contributed by atoms with E-state index in [1.54, 1.807) is 0 Å². The molecular weight excluding hydrogens is 238 g/mol. The summed E-state index contributed by atoms with van der Waals surface area (Å²) in [6.07, 6.45) is 2.67. The van der Waals surface area contributed by atoms with Gasteiger partial charge in [-0.05, 0) is 49.6 Å². The summed E-state index contributed by atoms with van der Waals surface area (Å²) < 4.78 is 0.355. The van der Waals surface area contributed by atoms with E-state index in [0.717, 1.165) is 0 Å². The molecule has 1 saturated heterocycles. The van der Waals surface area contributed by atoms with E-state index in [1.807, 2.05) is 0 Å². The normalized spacial score (nSPS) is 25.6. The number of rotatable bonds is 4. The van der Waals surface area contributed by atoms with Crippen LogP contribution in [-0.4, -0.2) is 17.5 Å². The maximum absolute atomic E-state index is 3.53. The van der Waals surface area contributed by atoms with Gasteiger partial charge in [-0.2, -0.15) is 11.8 Å². The van der Waals surface area contributed by atoms with Gasteiger partial charge in [-0.15, -0.1) is 0 Å². The largest absolute Gasteiger partial charge is 0.312 e. The predicted molar refractivity (Wildman–Crippen MR) is 82.4 cm³/mol. The van der Waals surface area contributed by atoms with Gasteiger partial charge < -0.3 is 5.32 Å². The van der Waals surface area contributed by atoms with E-state index < -0.39 is 0 Å². The Morgan fingerprint density at radius 2 is 1.78 bits per heavy atom. The first-order chi connectivity index (χ1) is 8.57. The lowest BCUT2D eigenvalue weighted by atomic mass is 9.89. The molecule has 1 heterocycles.